The molecule has 2 saturated heterocycles. The molecule has 70 heavy (non-hydrogen) atoms. The molecule has 2 aromatic carbocycles. The average Bonchev–Trinajstić information content (AvgIpc) is 3.96. The van der Waals surface area contributed by atoms with Crippen molar-refractivity contribution in [2.45, 2.75) is 94.3 Å². The Kier molecular flexibility index (Phi) is 14.3. The van der Waals surface area contributed by atoms with Gasteiger partial charge in [0.2, 0.25) is 17.8 Å². The molecule has 5 heterocycles. The molecule has 0 bridgehead atoms. The van der Waals surface area contributed by atoms with Crippen LogP contribution in [0.25, 0.3) is 0 Å². The number of carbonyl (C=O) groups is 6. The van der Waals surface area contributed by atoms with Crippen LogP contribution >= 0.6 is 0 Å². The van der Waals surface area contributed by atoms with Gasteiger partial charge in [-0.1, -0.05) is 18.9 Å². The molecular weight excluding hydrogens is 916 g/mol. The molecule has 9 rings (SSSR count). The lowest BCUT2D eigenvalue weighted by molar-refractivity contribution is -0.140. The Labute approximate surface area is 402 Å². The van der Waals surface area contributed by atoms with Gasteiger partial charge in [0, 0.05) is 82.6 Å². The second-order valence-corrected chi connectivity index (χ2v) is 18.8. The standard InChI is InChI=1S/C48H58F3N11O8/c1-58-37-26-53-47(57-41(37)61(30-6-3-4-7-30)27-48(50,51)46(58)68)55-35-25-33(49)32(24-38(35)69-2)42(64)54-28-10-12-29(13-11-28)60-19-17-59(18-20-60)21-23-70-22-16-52-34-9-5-8-31-40(34)45(67)62(44(31)66)36-14-15-39(63)56-43(36)65/h5,8-9,24-26,28-30,36,52H,3-4,6-7,10-23,27H2,1-2H3,(H,54,64)(H,53,55,57)(H,56,63,65). The van der Waals surface area contributed by atoms with E-state index in [0.717, 1.165) is 87.1 Å². The van der Waals surface area contributed by atoms with E-state index in [9.17, 15) is 28.8 Å². The number of amides is 6. The molecule has 1 aromatic heterocycles. The van der Waals surface area contributed by atoms with E-state index in [0.29, 0.717) is 44.3 Å². The van der Waals surface area contributed by atoms with Crippen LogP contribution in [0, 0.1) is 5.82 Å². The largest absolute Gasteiger partial charge is 0.495 e. The van der Waals surface area contributed by atoms with Gasteiger partial charge in [-0.15, -0.1) is 0 Å². The summed E-state index contributed by atoms with van der Waals surface area (Å²) in [7, 11) is 2.65. The first kappa shape index (κ1) is 48.6. The number of hydrogen-bond donors (Lipinski definition) is 4. The van der Waals surface area contributed by atoms with Gasteiger partial charge in [-0.05, 0) is 63.1 Å². The Balaban J connectivity index is 0.703. The first-order valence-electron chi connectivity index (χ1n) is 24.1. The highest BCUT2D eigenvalue weighted by atomic mass is 19.3. The molecule has 0 radical (unpaired) electrons. The zero-order chi connectivity index (χ0) is 49.3. The molecule has 4 fully saturated rings. The number of nitrogens with zero attached hydrogens (tertiary/aromatic N) is 7. The molecule has 3 aromatic rings. The molecule has 4 aliphatic heterocycles. The summed E-state index contributed by atoms with van der Waals surface area (Å²) in [4.78, 5) is 93.7. The van der Waals surface area contributed by atoms with Crippen molar-refractivity contribution in [3.05, 3.63) is 59.0 Å². The van der Waals surface area contributed by atoms with Gasteiger partial charge in [-0.25, -0.2) is 9.37 Å². The maximum atomic E-state index is 15.7. The lowest BCUT2D eigenvalue weighted by atomic mass is 9.89. The number of nitrogens with one attached hydrogen (secondary N) is 4. The number of piperazine rings is 1. The fourth-order valence-corrected chi connectivity index (χ4v) is 10.6. The van der Waals surface area contributed by atoms with Gasteiger partial charge in [0.25, 0.3) is 23.6 Å². The number of carbonyl (C=O) groups excluding carboxylic acids is 6. The number of ether oxygens (including phenoxy) is 2. The number of halogens is 3. The van der Waals surface area contributed by atoms with Crippen LogP contribution in [0.3, 0.4) is 0 Å². The van der Waals surface area contributed by atoms with Crippen LogP contribution in [0.2, 0.25) is 0 Å². The maximum absolute atomic E-state index is 15.7. The van der Waals surface area contributed by atoms with Crippen molar-refractivity contribution in [2.75, 3.05) is 93.6 Å². The summed E-state index contributed by atoms with van der Waals surface area (Å²) in [5.74, 6) is -8.23. The molecular formula is C48H58F3N11O8. The summed E-state index contributed by atoms with van der Waals surface area (Å²) in [5, 5.41) is 11.4. The van der Waals surface area contributed by atoms with Gasteiger partial charge >= 0.3 is 5.92 Å². The minimum atomic E-state index is -3.63. The molecule has 6 aliphatic rings. The number of aromatic nitrogens is 2. The van der Waals surface area contributed by atoms with Crippen molar-refractivity contribution >= 4 is 64.3 Å². The smallest absolute Gasteiger partial charge is 0.342 e. The first-order valence-corrected chi connectivity index (χ1v) is 24.1. The summed E-state index contributed by atoms with van der Waals surface area (Å²) < 4.78 is 57.3. The molecule has 2 saturated carbocycles. The fourth-order valence-electron chi connectivity index (χ4n) is 10.6. The first-order chi connectivity index (χ1) is 33.7. The third-order valence-electron chi connectivity index (χ3n) is 14.5. The molecule has 2 aliphatic carbocycles. The van der Waals surface area contributed by atoms with Crippen molar-refractivity contribution < 1.29 is 51.4 Å². The highest BCUT2D eigenvalue weighted by Crippen LogP contribution is 2.41. The van der Waals surface area contributed by atoms with E-state index < -0.39 is 59.8 Å². The van der Waals surface area contributed by atoms with Crippen LogP contribution in [0.5, 0.6) is 5.75 Å². The van der Waals surface area contributed by atoms with Crippen molar-refractivity contribution in [1.82, 2.24) is 35.3 Å². The summed E-state index contributed by atoms with van der Waals surface area (Å²) in [6.07, 6.45) is 7.80. The number of hydrogen-bond acceptors (Lipinski definition) is 15. The molecule has 374 valence electrons. The normalized spacial score (nSPS) is 23.2. The number of alkyl halides is 2. The Bertz CT molecular complexity index is 2530. The van der Waals surface area contributed by atoms with E-state index in [1.54, 1.807) is 18.2 Å². The Morgan fingerprint density at radius 1 is 0.914 bits per heavy atom. The number of piperidine rings is 1. The van der Waals surface area contributed by atoms with E-state index in [1.807, 2.05) is 0 Å². The lowest BCUT2D eigenvalue weighted by Crippen LogP contribution is -2.54. The van der Waals surface area contributed by atoms with Crippen LogP contribution in [-0.2, 0) is 19.1 Å². The lowest BCUT2D eigenvalue weighted by Gasteiger charge is -2.42. The quantitative estimate of drug-likeness (QED) is 0.126. The van der Waals surface area contributed by atoms with Crippen LogP contribution in [-0.4, -0.2) is 163 Å². The van der Waals surface area contributed by atoms with E-state index >= 15 is 13.2 Å². The van der Waals surface area contributed by atoms with Crippen LogP contribution in [0.15, 0.2) is 36.5 Å². The number of anilines is 5. The molecule has 1 unspecified atom stereocenters. The van der Waals surface area contributed by atoms with Gasteiger partial charge in [-0.3, -0.25) is 48.8 Å². The molecule has 22 heteroatoms. The number of imide groups is 2. The van der Waals surface area contributed by atoms with E-state index in [1.165, 1.54) is 31.3 Å². The molecule has 1 atom stereocenters. The van der Waals surface area contributed by atoms with E-state index in [2.05, 4.69) is 41.0 Å². The summed E-state index contributed by atoms with van der Waals surface area (Å²) in [6, 6.07) is 6.35. The van der Waals surface area contributed by atoms with Gasteiger partial charge in [0.1, 0.15) is 23.3 Å². The van der Waals surface area contributed by atoms with Crippen molar-refractivity contribution in [1.29, 1.82) is 0 Å². The summed E-state index contributed by atoms with van der Waals surface area (Å²) in [5.41, 5.74) is 0.984. The zero-order valence-corrected chi connectivity index (χ0v) is 39.2. The highest BCUT2D eigenvalue weighted by molar-refractivity contribution is 6.25. The van der Waals surface area contributed by atoms with Crippen molar-refractivity contribution in [3.8, 4) is 5.75 Å². The predicted molar refractivity (Wildman–Crippen MR) is 250 cm³/mol. The van der Waals surface area contributed by atoms with Gasteiger partial charge in [-0.2, -0.15) is 13.8 Å². The third-order valence-corrected chi connectivity index (χ3v) is 14.5. The van der Waals surface area contributed by atoms with Crippen molar-refractivity contribution in [3.63, 3.8) is 0 Å². The highest BCUT2D eigenvalue weighted by Gasteiger charge is 2.49. The summed E-state index contributed by atoms with van der Waals surface area (Å²) >= 11 is 0. The van der Waals surface area contributed by atoms with Crippen LogP contribution in [0.1, 0.15) is 95.3 Å². The Morgan fingerprint density at radius 2 is 1.67 bits per heavy atom. The van der Waals surface area contributed by atoms with Gasteiger partial charge in [0.15, 0.2) is 5.82 Å². The monoisotopic (exact) mass is 973 g/mol. The molecule has 0 spiro atoms. The minimum Gasteiger partial charge on any atom is -0.495 e. The zero-order valence-electron chi connectivity index (χ0n) is 39.2. The number of fused-ring (bicyclic) bond motifs is 2. The topological polar surface area (TPSA) is 211 Å². The maximum Gasteiger partial charge on any atom is 0.342 e. The SMILES string of the molecule is COc1cc(C(=O)NC2CCC(N3CCN(CCOCCNc4cccc5c4C(=O)N(C4CCC(=O)NC4=O)C5=O)CC3)CC2)c(F)cc1Nc1ncc2c(n1)N(C1CCCC1)CC(F)(F)C(=O)N2C. The Hall–Kier alpha value is -6.39. The average molecular weight is 974 g/mol. The van der Waals surface area contributed by atoms with Gasteiger partial charge in [0.05, 0.1) is 55.4 Å². The van der Waals surface area contributed by atoms with E-state index in [4.69, 9.17) is 9.47 Å². The molecule has 6 amide bonds. The number of benzene rings is 2. The molecule has 19 nitrogen and oxygen atoms in total. The number of methoxy groups -OCH3 is 1. The summed E-state index contributed by atoms with van der Waals surface area (Å²) in [6.45, 7) is 4.79. The second-order valence-electron chi connectivity index (χ2n) is 18.8. The van der Waals surface area contributed by atoms with Crippen molar-refractivity contribution in [2.24, 2.45) is 0 Å². The van der Waals surface area contributed by atoms with Gasteiger partial charge < -0.3 is 35.2 Å². The third kappa shape index (κ3) is 9.98. The minimum absolute atomic E-state index is 0.0194. The van der Waals surface area contributed by atoms with E-state index in [-0.39, 0.29) is 70.5 Å². The molecule has 4 N–H and O–H groups in total. The Morgan fingerprint density at radius 3 is 2.40 bits per heavy atom. The second kappa shape index (κ2) is 20.5. The van der Waals surface area contributed by atoms with Crippen LogP contribution < -0.4 is 35.8 Å². The predicted octanol–water partition coefficient (Wildman–Crippen LogP) is 3.92. The van der Waals surface area contributed by atoms with Crippen LogP contribution in [0.4, 0.5) is 42.0 Å². The number of rotatable bonds is 15. The fraction of sp³-hybridized carbons (Fsp3) is 0.542.